The molecule has 3 aromatic rings. The summed E-state index contributed by atoms with van der Waals surface area (Å²) in [4.78, 5) is 23.3. The minimum absolute atomic E-state index is 0.0729. The van der Waals surface area contributed by atoms with Gasteiger partial charge in [-0.1, -0.05) is 0 Å². The van der Waals surface area contributed by atoms with Crippen LogP contribution in [-0.2, 0) is 0 Å². The van der Waals surface area contributed by atoms with Gasteiger partial charge < -0.3 is 24.3 Å². The summed E-state index contributed by atoms with van der Waals surface area (Å²) < 4.78 is 39.8. The Bertz CT molecular complexity index is 1160. The lowest BCUT2D eigenvalue weighted by Gasteiger charge is -2.54. The monoisotopic (exact) mass is 466 g/mol. The van der Waals surface area contributed by atoms with E-state index in [1.165, 1.54) is 22.3 Å². The van der Waals surface area contributed by atoms with Crippen LogP contribution in [-0.4, -0.2) is 68.1 Å². The first-order valence-corrected chi connectivity index (χ1v) is 10.9. The van der Waals surface area contributed by atoms with Crippen LogP contribution >= 0.6 is 11.3 Å². The van der Waals surface area contributed by atoms with Crippen LogP contribution in [0.15, 0.2) is 27.4 Å². The number of aliphatic hydroxyl groups is 1. The Kier molecular flexibility index (Phi) is 4.57. The van der Waals surface area contributed by atoms with Crippen molar-refractivity contribution in [2.45, 2.75) is 44.1 Å². The molecule has 2 unspecified atom stereocenters. The standard InChI is InChI=1S/C20H20F2N4O5S/c1-19(2,29)20(21,22)31-14-4-3-12(13-8-32-9-23-13)16-15(14)24-17(30-16)25-6-10-5-11(7-25)26(10)18(27)28/h3-4,8-11,29H,5-7H2,1-2H3,(H,27,28). The van der Waals surface area contributed by atoms with Crippen molar-refractivity contribution in [1.82, 2.24) is 14.9 Å². The quantitative estimate of drug-likeness (QED) is 0.586. The molecule has 2 atom stereocenters. The van der Waals surface area contributed by atoms with Crippen molar-refractivity contribution in [3.05, 3.63) is 23.0 Å². The van der Waals surface area contributed by atoms with E-state index in [2.05, 4.69) is 9.97 Å². The van der Waals surface area contributed by atoms with E-state index >= 15 is 0 Å². The van der Waals surface area contributed by atoms with Gasteiger partial charge in [-0.25, -0.2) is 9.78 Å². The number of piperidine rings is 1. The van der Waals surface area contributed by atoms with Crippen LogP contribution in [0.5, 0.6) is 5.75 Å². The molecule has 2 bridgehead atoms. The van der Waals surface area contributed by atoms with Gasteiger partial charge >= 0.3 is 12.2 Å². The summed E-state index contributed by atoms with van der Waals surface area (Å²) in [6, 6.07) is 2.76. The molecule has 170 valence electrons. The number of hydrogen-bond donors (Lipinski definition) is 2. The molecule has 0 saturated carbocycles. The Labute approximate surface area is 184 Å². The molecule has 9 nitrogen and oxygen atoms in total. The molecular weight excluding hydrogens is 446 g/mol. The topological polar surface area (TPSA) is 112 Å². The number of anilines is 1. The van der Waals surface area contributed by atoms with Crippen molar-refractivity contribution in [1.29, 1.82) is 0 Å². The molecule has 1 amide bonds. The SMILES string of the molecule is CC(C)(O)C(F)(F)Oc1ccc(-c2cscn2)c2oc(N3CC4CC(C3)N4C(=O)O)nc12. The van der Waals surface area contributed by atoms with Crippen LogP contribution in [0.3, 0.4) is 0 Å². The van der Waals surface area contributed by atoms with Gasteiger partial charge in [-0.05, 0) is 32.4 Å². The first-order chi connectivity index (χ1) is 15.0. The Morgan fingerprint density at radius 1 is 1.31 bits per heavy atom. The van der Waals surface area contributed by atoms with E-state index < -0.39 is 17.8 Å². The largest absolute Gasteiger partial charge is 0.465 e. The summed E-state index contributed by atoms with van der Waals surface area (Å²) in [5, 5.41) is 20.9. The van der Waals surface area contributed by atoms with Crippen molar-refractivity contribution in [2.75, 3.05) is 18.0 Å². The van der Waals surface area contributed by atoms with E-state index in [4.69, 9.17) is 9.15 Å². The number of halogens is 2. The summed E-state index contributed by atoms with van der Waals surface area (Å²) in [6.07, 6.45) is -4.08. The minimum Gasteiger partial charge on any atom is -0.465 e. The van der Waals surface area contributed by atoms with Crippen LogP contribution < -0.4 is 9.64 Å². The third kappa shape index (κ3) is 3.25. The number of carbonyl (C=O) groups is 1. The van der Waals surface area contributed by atoms with E-state index in [-0.39, 0.29) is 34.9 Å². The highest BCUT2D eigenvalue weighted by atomic mass is 32.1. The molecule has 0 radical (unpaired) electrons. The van der Waals surface area contributed by atoms with Gasteiger partial charge in [0.25, 0.3) is 6.01 Å². The molecular formula is C20H20F2N4O5S. The maximum atomic E-state index is 14.4. The van der Waals surface area contributed by atoms with Gasteiger partial charge in [-0.2, -0.15) is 13.8 Å². The second-order valence-corrected chi connectivity index (χ2v) is 9.19. The van der Waals surface area contributed by atoms with Gasteiger partial charge in [-0.3, -0.25) is 4.90 Å². The number of aromatic nitrogens is 2. The molecule has 2 N–H and O–H groups in total. The second-order valence-electron chi connectivity index (χ2n) is 8.48. The summed E-state index contributed by atoms with van der Waals surface area (Å²) >= 11 is 1.38. The van der Waals surface area contributed by atoms with E-state index in [1.54, 1.807) is 21.9 Å². The number of benzene rings is 1. The van der Waals surface area contributed by atoms with Crippen molar-refractivity contribution in [2.24, 2.45) is 0 Å². The first kappa shape index (κ1) is 20.9. The number of thiazole rings is 1. The van der Waals surface area contributed by atoms with Crippen LogP contribution in [0.4, 0.5) is 19.6 Å². The van der Waals surface area contributed by atoms with Crippen LogP contribution in [0.1, 0.15) is 20.3 Å². The van der Waals surface area contributed by atoms with Gasteiger partial charge in [0.2, 0.25) is 0 Å². The molecule has 3 saturated heterocycles. The number of rotatable bonds is 5. The molecule has 0 aliphatic carbocycles. The van der Waals surface area contributed by atoms with Crippen LogP contribution in [0, 0.1) is 0 Å². The molecule has 6 rings (SSSR count). The molecule has 3 fully saturated rings. The van der Waals surface area contributed by atoms with Gasteiger partial charge in [0, 0.05) is 24.0 Å². The fourth-order valence-corrected chi connectivity index (χ4v) is 4.63. The van der Waals surface area contributed by atoms with Crippen molar-refractivity contribution in [3.63, 3.8) is 0 Å². The first-order valence-electron chi connectivity index (χ1n) is 9.92. The highest BCUT2D eigenvalue weighted by Crippen LogP contribution is 2.42. The highest BCUT2D eigenvalue weighted by Gasteiger charge is 2.50. The lowest BCUT2D eigenvalue weighted by atomic mass is 9.88. The zero-order valence-corrected chi connectivity index (χ0v) is 18.0. The fourth-order valence-electron chi connectivity index (χ4n) is 4.08. The number of nitrogens with zero attached hydrogens (tertiary/aromatic N) is 4. The third-order valence-electron chi connectivity index (χ3n) is 5.84. The number of fused-ring (bicyclic) bond motifs is 3. The maximum absolute atomic E-state index is 14.4. The normalized spacial score (nSPS) is 21.0. The maximum Gasteiger partial charge on any atom is 0.426 e. The zero-order valence-electron chi connectivity index (χ0n) is 17.2. The average Bonchev–Trinajstić information content (AvgIpc) is 3.37. The van der Waals surface area contributed by atoms with Crippen molar-refractivity contribution >= 4 is 34.5 Å². The van der Waals surface area contributed by atoms with Gasteiger partial charge in [0.1, 0.15) is 0 Å². The number of piperazine rings is 1. The summed E-state index contributed by atoms with van der Waals surface area (Å²) in [7, 11) is 0. The highest BCUT2D eigenvalue weighted by molar-refractivity contribution is 7.07. The number of ether oxygens (including phenoxy) is 1. The minimum atomic E-state index is -3.88. The molecule has 1 aromatic carbocycles. The van der Waals surface area contributed by atoms with E-state index in [1.807, 2.05) is 0 Å². The number of hydrogen-bond acceptors (Lipinski definition) is 8. The molecule has 2 aromatic heterocycles. The van der Waals surface area contributed by atoms with Crippen LogP contribution in [0.25, 0.3) is 22.4 Å². The van der Waals surface area contributed by atoms with Crippen molar-refractivity contribution < 1.29 is 32.9 Å². The van der Waals surface area contributed by atoms with Gasteiger partial charge in [0.15, 0.2) is 22.5 Å². The number of amides is 1. The predicted molar refractivity (Wildman–Crippen MR) is 111 cm³/mol. The number of oxazole rings is 1. The Morgan fingerprint density at radius 2 is 2.03 bits per heavy atom. The van der Waals surface area contributed by atoms with Crippen LogP contribution in [0.2, 0.25) is 0 Å². The Hall–Kier alpha value is -2.99. The van der Waals surface area contributed by atoms with Gasteiger partial charge in [0.05, 0.1) is 23.3 Å². The second kappa shape index (κ2) is 7.01. The van der Waals surface area contributed by atoms with Crippen molar-refractivity contribution in [3.8, 4) is 17.0 Å². The number of alkyl halides is 2. The number of carboxylic acid groups (broad SMARTS) is 1. The van der Waals surface area contributed by atoms with E-state index in [0.717, 1.165) is 20.3 Å². The fraction of sp³-hybridized carbons (Fsp3) is 0.450. The summed E-state index contributed by atoms with van der Waals surface area (Å²) in [5.41, 5.74) is 0.682. The lowest BCUT2D eigenvalue weighted by Crippen LogP contribution is -2.70. The zero-order chi connectivity index (χ0) is 22.8. The third-order valence-corrected chi connectivity index (χ3v) is 6.43. The molecule has 3 aliphatic heterocycles. The smallest absolute Gasteiger partial charge is 0.426 e. The summed E-state index contributed by atoms with van der Waals surface area (Å²) in [5.74, 6) is -0.240. The molecule has 12 heteroatoms. The van der Waals surface area contributed by atoms with Gasteiger partial charge in [-0.15, -0.1) is 11.3 Å². The molecule has 5 heterocycles. The molecule has 0 spiro atoms. The van der Waals surface area contributed by atoms with E-state index in [9.17, 15) is 23.8 Å². The lowest BCUT2D eigenvalue weighted by molar-refractivity contribution is -0.275. The Balaban J connectivity index is 1.55. The molecule has 32 heavy (non-hydrogen) atoms. The average molecular weight is 466 g/mol. The summed E-state index contributed by atoms with van der Waals surface area (Å²) in [6.45, 7) is 2.68. The predicted octanol–water partition coefficient (Wildman–Crippen LogP) is 3.63. The van der Waals surface area contributed by atoms with E-state index in [0.29, 0.717) is 24.3 Å². The Morgan fingerprint density at radius 3 is 2.62 bits per heavy atom. The molecule has 3 aliphatic rings.